The SMILES string of the molecule is Cc1ccc(C)c2c1N[C@@H](c1ccc(Br)cc1)[C@H]1CC=C[C@@H]21. The van der Waals surface area contributed by atoms with E-state index in [0.29, 0.717) is 17.9 Å². The highest BCUT2D eigenvalue weighted by atomic mass is 79.9. The number of hydrogen-bond acceptors (Lipinski definition) is 1. The number of allylic oxidation sites excluding steroid dienone is 2. The van der Waals surface area contributed by atoms with Crippen LogP contribution in [0.5, 0.6) is 0 Å². The number of nitrogens with one attached hydrogen (secondary N) is 1. The van der Waals surface area contributed by atoms with Gasteiger partial charge < -0.3 is 5.32 Å². The summed E-state index contributed by atoms with van der Waals surface area (Å²) >= 11 is 3.54. The van der Waals surface area contributed by atoms with Crippen LogP contribution in [-0.4, -0.2) is 0 Å². The number of hydrogen-bond donors (Lipinski definition) is 1. The minimum absolute atomic E-state index is 0.390. The van der Waals surface area contributed by atoms with Crippen molar-refractivity contribution in [1.29, 1.82) is 0 Å². The minimum atomic E-state index is 0.390. The van der Waals surface area contributed by atoms with Crippen molar-refractivity contribution in [3.8, 4) is 0 Å². The van der Waals surface area contributed by atoms with E-state index in [-0.39, 0.29) is 0 Å². The second-order valence-corrected chi connectivity index (χ2v) is 7.43. The van der Waals surface area contributed by atoms with Gasteiger partial charge in [0.2, 0.25) is 0 Å². The fraction of sp³-hybridized carbons (Fsp3) is 0.300. The van der Waals surface area contributed by atoms with E-state index >= 15 is 0 Å². The van der Waals surface area contributed by atoms with Crippen molar-refractivity contribution in [1.82, 2.24) is 0 Å². The third-order valence-corrected chi connectivity index (χ3v) is 5.70. The smallest absolute Gasteiger partial charge is 0.0554 e. The predicted molar refractivity (Wildman–Crippen MR) is 96.4 cm³/mol. The van der Waals surface area contributed by atoms with E-state index in [4.69, 9.17) is 0 Å². The molecule has 1 aliphatic heterocycles. The molecule has 1 aliphatic carbocycles. The van der Waals surface area contributed by atoms with Crippen LogP contribution in [0.2, 0.25) is 0 Å². The maximum absolute atomic E-state index is 3.86. The maximum atomic E-state index is 3.86. The van der Waals surface area contributed by atoms with Gasteiger partial charge in [-0.2, -0.15) is 0 Å². The third kappa shape index (κ3) is 2.13. The number of fused-ring (bicyclic) bond motifs is 3. The molecule has 0 fully saturated rings. The van der Waals surface area contributed by atoms with Crippen LogP contribution in [0.25, 0.3) is 0 Å². The summed E-state index contributed by atoms with van der Waals surface area (Å²) in [5, 5.41) is 3.86. The first-order valence-electron chi connectivity index (χ1n) is 7.94. The lowest BCUT2D eigenvalue weighted by molar-refractivity contribution is 0.424. The zero-order chi connectivity index (χ0) is 15.3. The van der Waals surface area contributed by atoms with Crippen LogP contribution in [0, 0.1) is 19.8 Å². The van der Waals surface area contributed by atoms with Crippen LogP contribution in [0.1, 0.15) is 40.6 Å². The molecule has 2 aromatic rings. The Kier molecular flexibility index (Phi) is 3.37. The first-order valence-corrected chi connectivity index (χ1v) is 8.73. The highest BCUT2D eigenvalue weighted by Gasteiger charge is 2.38. The van der Waals surface area contributed by atoms with Gasteiger partial charge in [0.25, 0.3) is 0 Å². The van der Waals surface area contributed by atoms with Gasteiger partial charge in [0, 0.05) is 16.1 Å². The van der Waals surface area contributed by atoms with Crippen molar-refractivity contribution in [3.05, 3.63) is 75.3 Å². The summed E-state index contributed by atoms with van der Waals surface area (Å²) in [6, 6.07) is 13.7. The maximum Gasteiger partial charge on any atom is 0.0554 e. The molecule has 0 saturated carbocycles. The molecule has 0 radical (unpaired) electrons. The van der Waals surface area contributed by atoms with Crippen LogP contribution in [-0.2, 0) is 0 Å². The van der Waals surface area contributed by atoms with Crippen LogP contribution in [0.3, 0.4) is 0 Å². The molecular weight excluding hydrogens is 334 g/mol. The molecule has 0 unspecified atom stereocenters. The zero-order valence-electron chi connectivity index (χ0n) is 12.9. The molecule has 3 atom stereocenters. The Morgan fingerprint density at radius 3 is 2.50 bits per heavy atom. The van der Waals surface area contributed by atoms with Crippen molar-refractivity contribution in [2.45, 2.75) is 32.2 Å². The molecule has 2 heteroatoms. The van der Waals surface area contributed by atoms with E-state index in [9.17, 15) is 0 Å². The minimum Gasteiger partial charge on any atom is -0.377 e. The summed E-state index contributed by atoms with van der Waals surface area (Å²) in [5.74, 6) is 1.17. The molecule has 4 rings (SSSR count). The van der Waals surface area contributed by atoms with E-state index < -0.39 is 0 Å². The molecule has 1 N–H and O–H groups in total. The van der Waals surface area contributed by atoms with E-state index in [0.717, 1.165) is 10.9 Å². The summed E-state index contributed by atoms with van der Waals surface area (Å²) in [5.41, 5.74) is 6.99. The Labute approximate surface area is 140 Å². The molecule has 22 heavy (non-hydrogen) atoms. The first kappa shape index (κ1) is 14.1. The molecule has 0 amide bonds. The molecule has 112 valence electrons. The van der Waals surface area contributed by atoms with Gasteiger partial charge in [-0.05, 0) is 60.6 Å². The van der Waals surface area contributed by atoms with Crippen LogP contribution >= 0.6 is 15.9 Å². The normalized spacial score (nSPS) is 25.5. The number of aryl methyl sites for hydroxylation is 2. The van der Waals surface area contributed by atoms with E-state index in [1.165, 1.54) is 27.9 Å². The third-order valence-electron chi connectivity index (χ3n) is 5.18. The Morgan fingerprint density at radius 2 is 1.73 bits per heavy atom. The topological polar surface area (TPSA) is 12.0 Å². The lowest BCUT2D eigenvalue weighted by Gasteiger charge is -2.39. The zero-order valence-corrected chi connectivity index (χ0v) is 14.5. The van der Waals surface area contributed by atoms with Crippen molar-refractivity contribution in [3.63, 3.8) is 0 Å². The van der Waals surface area contributed by atoms with Gasteiger partial charge in [0.15, 0.2) is 0 Å². The molecule has 1 nitrogen and oxygen atoms in total. The van der Waals surface area contributed by atoms with Gasteiger partial charge in [0.1, 0.15) is 0 Å². The van der Waals surface area contributed by atoms with E-state index in [1.54, 1.807) is 0 Å². The predicted octanol–water partition coefficient (Wildman–Crippen LogP) is 5.89. The summed E-state index contributed by atoms with van der Waals surface area (Å²) < 4.78 is 1.14. The fourth-order valence-electron chi connectivity index (χ4n) is 4.04. The number of anilines is 1. The average molecular weight is 354 g/mol. The van der Waals surface area contributed by atoms with Gasteiger partial charge in [-0.15, -0.1) is 0 Å². The van der Waals surface area contributed by atoms with Gasteiger partial charge in [0.05, 0.1) is 6.04 Å². The summed E-state index contributed by atoms with van der Waals surface area (Å²) in [6.45, 7) is 4.45. The van der Waals surface area contributed by atoms with Gasteiger partial charge in [-0.3, -0.25) is 0 Å². The van der Waals surface area contributed by atoms with Gasteiger partial charge in [-0.25, -0.2) is 0 Å². The molecule has 0 bridgehead atoms. The highest BCUT2D eigenvalue weighted by Crippen LogP contribution is 2.51. The van der Waals surface area contributed by atoms with Gasteiger partial charge >= 0.3 is 0 Å². The summed E-state index contributed by atoms with van der Waals surface area (Å²) in [4.78, 5) is 0. The molecule has 2 aromatic carbocycles. The van der Waals surface area contributed by atoms with E-state index in [1.807, 2.05) is 0 Å². The lowest BCUT2D eigenvalue weighted by atomic mass is 9.75. The largest absolute Gasteiger partial charge is 0.377 e. The Balaban J connectivity index is 1.84. The van der Waals surface area contributed by atoms with Gasteiger partial charge in [-0.1, -0.05) is 52.3 Å². The quantitative estimate of drug-likeness (QED) is 0.630. The van der Waals surface area contributed by atoms with Crippen molar-refractivity contribution < 1.29 is 0 Å². The molecule has 0 spiro atoms. The van der Waals surface area contributed by atoms with E-state index in [2.05, 4.69) is 83.6 Å². The molecule has 1 heterocycles. The molecule has 0 saturated heterocycles. The van der Waals surface area contributed by atoms with Crippen molar-refractivity contribution >= 4 is 21.6 Å². The van der Waals surface area contributed by atoms with Crippen LogP contribution in [0.4, 0.5) is 5.69 Å². The molecule has 0 aromatic heterocycles. The Bertz CT molecular complexity index is 745. The first-order chi connectivity index (χ1) is 10.6. The Morgan fingerprint density at radius 1 is 1.00 bits per heavy atom. The number of benzene rings is 2. The lowest BCUT2D eigenvalue weighted by Crippen LogP contribution is -2.30. The summed E-state index contributed by atoms with van der Waals surface area (Å²) in [6.07, 6.45) is 5.94. The molecular formula is C20H20BrN. The fourth-order valence-corrected chi connectivity index (χ4v) is 4.31. The van der Waals surface area contributed by atoms with Crippen molar-refractivity contribution in [2.75, 3.05) is 5.32 Å². The van der Waals surface area contributed by atoms with Crippen molar-refractivity contribution in [2.24, 2.45) is 5.92 Å². The second-order valence-electron chi connectivity index (χ2n) is 6.52. The highest BCUT2D eigenvalue weighted by molar-refractivity contribution is 9.10. The Hall–Kier alpha value is -1.54. The monoisotopic (exact) mass is 353 g/mol. The number of halogens is 1. The van der Waals surface area contributed by atoms with Crippen LogP contribution in [0.15, 0.2) is 53.0 Å². The second kappa shape index (κ2) is 5.27. The molecule has 2 aliphatic rings. The summed E-state index contributed by atoms with van der Waals surface area (Å²) in [7, 11) is 0. The standard InChI is InChI=1S/C20H20BrN/c1-12-6-7-13(2)19-18(12)16-4-3-5-17(16)20(22-19)14-8-10-15(21)11-9-14/h3-4,6-11,16-17,20,22H,5H2,1-2H3/t16-,17+,20+/m1/s1. The van der Waals surface area contributed by atoms with Crippen LogP contribution < -0.4 is 5.32 Å². The average Bonchev–Trinajstić information content (AvgIpc) is 3.00. The number of rotatable bonds is 1.